The summed E-state index contributed by atoms with van der Waals surface area (Å²) < 4.78 is 12.1. The zero-order valence-corrected chi connectivity index (χ0v) is 13.5. The first-order chi connectivity index (χ1) is 9.98. The molecule has 2 aliphatic rings. The minimum atomic E-state index is -0.714. The van der Waals surface area contributed by atoms with E-state index in [-0.39, 0.29) is 0 Å². The van der Waals surface area contributed by atoms with E-state index in [0.717, 1.165) is 34.6 Å². The van der Waals surface area contributed by atoms with Crippen LogP contribution in [0.1, 0.15) is 18.9 Å². The summed E-state index contributed by atoms with van der Waals surface area (Å²) in [6.45, 7) is 5.04. The molecule has 1 atom stereocenters. The summed E-state index contributed by atoms with van der Waals surface area (Å²) in [6.07, 6.45) is 0.689. The van der Waals surface area contributed by atoms with Crippen molar-refractivity contribution in [3.8, 4) is 11.5 Å². The Morgan fingerprint density at radius 1 is 1.43 bits per heavy atom. The van der Waals surface area contributed by atoms with Crippen molar-refractivity contribution in [1.29, 1.82) is 0 Å². The molecule has 3 rings (SSSR count). The van der Waals surface area contributed by atoms with Crippen LogP contribution in [0.5, 0.6) is 11.5 Å². The van der Waals surface area contributed by atoms with Crippen LogP contribution in [0.25, 0.3) is 0 Å². The fourth-order valence-electron chi connectivity index (χ4n) is 2.88. The van der Waals surface area contributed by atoms with Crippen molar-refractivity contribution in [2.75, 3.05) is 26.3 Å². The molecule has 0 spiro atoms. The third kappa shape index (κ3) is 2.87. The van der Waals surface area contributed by atoms with Crippen molar-refractivity contribution < 1.29 is 19.4 Å². The zero-order chi connectivity index (χ0) is 15.0. The summed E-state index contributed by atoms with van der Waals surface area (Å²) in [5.74, 6) is 0.793. The maximum atomic E-state index is 11.3. The summed E-state index contributed by atoms with van der Waals surface area (Å²) >= 11 is 3.51. The smallest absolute Gasteiger partial charge is 0.310 e. The molecule has 114 valence electrons. The monoisotopic (exact) mass is 355 g/mol. The Labute approximate surface area is 132 Å². The van der Waals surface area contributed by atoms with Crippen LogP contribution in [-0.4, -0.2) is 42.3 Å². The van der Waals surface area contributed by atoms with Gasteiger partial charge >= 0.3 is 5.97 Å². The van der Waals surface area contributed by atoms with Gasteiger partial charge < -0.3 is 14.6 Å². The molecule has 0 bridgehead atoms. The highest BCUT2D eigenvalue weighted by atomic mass is 79.9. The lowest BCUT2D eigenvalue weighted by atomic mass is 9.90. The third-order valence-corrected chi connectivity index (χ3v) is 4.72. The molecule has 1 unspecified atom stereocenters. The van der Waals surface area contributed by atoms with E-state index in [1.807, 2.05) is 19.1 Å². The molecule has 0 radical (unpaired) electrons. The molecule has 1 aromatic carbocycles. The van der Waals surface area contributed by atoms with Crippen molar-refractivity contribution >= 4 is 21.9 Å². The van der Waals surface area contributed by atoms with Crippen LogP contribution in [-0.2, 0) is 11.3 Å². The fraction of sp³-hybridized carbons (Fsp3) is 0.533. The van der Waals surface area contributed by atoms with Gasteiger partial charge in [-0.1, -0.05) is 0 Å². The number of rotatable bonds is 3. The molecule has 1 N–H and O–H groups in total. The SMILES string of the molecule is CC1(C(=O)O)CCN(Cc2cc(Br)c3c(c2)OCCO3)C1. The number of benzene rings is 1. The normalized spacial score (nSPS) is 25.0. The number of carboxylic acid groups (broad SMARTS) is 1. The van der Waals surface area contributed by atoms with E-state index in [1.165, 1.54) is 0 Å². The van der Waals surface area contributed by atoms with E-state index >= 15 is 0 Å². The predicted molar refractivity (Wildman–Crippen MR) is 80.8 cm³/mol. The first-order valence-corrected chi connectivity index (χ1v) is 7.81. The number of carbonyl (C=O) groups is 1. The zero-order valence-electron chi connectivity index (χ0n) is 11.9. The lowest BCUT2D eigenvalue weighted by Gasteiger charge is -2.23. The highest BCUT2D eigenvalue weighted by Crippen LogP contribution is 2.39. The highest BCUT2D eigenvalue weighted by molar-refractivity contribution is 9.10. The molecule has 2 aliphatic heterocycles. The number of carboxylic acids is 1. The number of hydrogen-bond acceptors (Lipinski definition) is 4. The number of halogens is 1. The molecule has 1 saturated heterocycles. The van der Waals surface area contributed by atoms with Crippen LogP contribution in [0.2, 0.25) is 0 Å². The molecule has 0 aliphatic carbocycles. The molecule has 1 aromatic rings. The van der Waals surface area contributed by atoms with Gasteiger partial charge in [-0.25, -0.2) is 0 Å². The molecule has 5 nitrogen and oxygen atoms in total. The Hall–Kier alpha value is -1.27. The average Bonchev–Trinajstić information content (AvgIpc) is 2.82. The summed E-state index contributed by atoms with van der Waals surface area (Å²) in [6, 6.07) is 4.00. The van der Waals surface area contributed by atoms with Crippen molar-refractivity contribution in [2.45, 2.75) is 19.9 Å². The summed E-state index contributed by atoms with van der Waals surface area (Å²) in [4.78, 5) is 13.5. The Morgan fingerprint density at radius 3 is 2.90 bits per heavy atom. The minimum absolute atomic E-state index is 0.559. The molecular weight excluding hydrogens is 338 g/mol. The lowest BCUT2D eigenvalue weighted by molar-refractivity contribution is -0.147. The second kappa shape index (κ2) is 5.50. The van der Waals surface area contributed by atoms with Crippen LogP contribution < -0.4 is 9.47 Å². The molecule has 6 heteroatoms. The summed E-state index contributed by atoms with van der Waals surface area (Å²) in [5.41, 5.74) is 0.464. The third-order valence-electron chi connectivity index (χ3n) is 4.13. The van der Waals surface area contributed by atoms with Gasteiger partial charge in [-0.15, -0.1) is 0 Å². The van der Waals surface area contributed by atoms with Gasteiger partial charge in [0.2, 0.25) is 0 Å². The topological polar surface area (TPSA) is 59.0 Å². The second-order valence-corrected chi connectivity index (χ2v) is 6.78. The summed E-state index contributed by atoms with van der Waals surface area (Å²) in [7, 11) is 0. The Kier molecular flexibility index (Phi) is 3.84. The largest absolute Gasteiger partial charge is 0.486 e. The molecule has 0 saturated carbocycles. The summed E-state index contributed by atoms with van der Waals surface area (Å²) in [5, 5.41) is 9.29. The number of likely N-dealkylation sites (tertiary alicyclic amines) is 1. The molecule has 2 heterocycles. The van der Waals surface area contributed by atoms with Gasteiger partial charge in [0.05, 0.1) is 9.89 Å². The number of ether oxygens (including phenoxy) is 2. The Morgan fingerprint density at radius 2 is 2.19 bits per heavy atom. The number of hydrogen-bond donors (Lipinski definition) is 1. The van der Waals surface area contributed by atoms with Crippen molar-refractivity contribution in [3.63, 3.8) is 0 Å². The van der Waals surface area contributed by atoms with E-state index in [9.17, 15) is 9.90 Å². The maximum absolute atomic E-state index is 11.3. The van der Waals surface area contributed by atoms with Gasteiger partial charge in [-0.2, -0.15) is 0 Å². The first kappa shape index (κ1) is 14.7. The van der Waals surface area contributed by atoms with Crippen LogP contribution in [0.4, 0.5) is 0 Å². The van der Waals surface area contributed by atoms with Gasteiger partial charge in [-0.05, 0) is 53.5 Å². The molecule has 21 heavy (non-hydrogen) atoms. The van der Waals surface area contributed by atoms with E-state index < -0.39 is 11.4 Å². The molecule has 0 amide bonds. The van der Waals surface area contributed by atoms with E-state index in [1.54, 1.807) is 0 Å². The van der Waals surface area contributed by atoms with Gasteiger partial charge in [-0.3, -0.25) is 9.69 Å². The average molecular weight is 356 g/mol. The number of fused-ring (bicyclic) bond motifs is 1. The van der Waals surface area contributed by atoms with Gasteiger partial charge in [0.15, 0.2) is 11.5 Å². The van der Waals surface area contributed by atoms with E-state index in [4.69, 9.17) is 9.47 Å². The Balaban J connectivity index is 1.74. The van der Waals surface area contributed by atoms with Gasteiger partial charge in [0, 0.05) is 13.1 Å². The number of nitrogens with zero attached hydrogens (tertiary/aromatic N) is 1. The van der Waals surface area contributed by atoms with Gasteiger partial charge in [0.25, 0.3) is 0 Å². The van der Waals surface area contributed by atoms with E-state index in [0.29, 0.717) is 26.2 Å². The second-order valence-electron chi connectivity index (χ2n) is 5.93. The minimum Gasteiger partial charge on any atom is -0.486 e. The highest BCUT2D eigenvalue weighted by Gasteiger charge is 2.40. The fourth-order valence-corrected chi connectivity index (χ4v) is 3.48. The van der Waals surface area contributed by atoms with Crippen molar-refractivity contribution in [1.82, 2.24) is 4.90 Å². The standard InChI is InChI=1S/C15H18BrNO4/c1-15(14(18)19)2-3-17(9-15)8-10-6-11(16)13-12(7-10)20-4-5-21-13/h6-7H,2-5,8-9H2,1H3,(H,18,19). The molecule has 1 fully saturated rings. The van der Waals surface area contributed by atoms with Crippen LogP contribution in [0.15, 0.2) is 16.6 Å². The molecular formula is C15H18BrNO4. The van der Waals surface area contributed by atoms with Crippen LogP contribution in [0.3, 0.4) is 0 Å². The number of aliphatic carboxylic acids is 1. The first-order valence-electron chi connectivity index (χ1n) is 7.02. The van der Waals surface area contributed by atoms with Crippen LogP contribution in [0, 0.1) is 5.41 Å². The van der Waals surface area contributed by atoms with E-state index in [2.05, 4.69) is 20.8 Å². The Bertz CT molecular complexity index is 577. The maximum Gasteiger partial charge on any atom is 0.310 e. The van der Waals surface area contributed by atoms with Crippen molar-refractivity contribution in [2.24, 2.45) is 5.41 Å². The predicted octanol–water partition coefficient (Wildman–Crippen LogP) is 2.52. The van der Waals surface area contributed by atoms with Gasteiger partial charge in [0.1, 0.15) is 13.2 Å². The molecule has 0 aromatic heterocycles. The van der Waals surface area contributed by atoms with Crippen LogP contribution >= 0.6 is 15.9 Å². The lowest BCUT2D eigenvalue weighted by Crippen LogP contribution is -2.31. The van der Waals surface area contributed by atoms with Crippen molar-refractivity contribution in [3.05, 3.63) is 22.2 Å². The quantitative estimate of drug-likeness (QED) is 0.902.